The summed E-state index contributed by atoms with van der Waals surface area (Å²) in [5.41, 5.74) is 2.83. The maximum Gasteiger partial charge on any atom is 0.307 e. The number of methoxy groups -OCH3 is 1. The summed E-state index contributed by atoms with van der Waals surface area (Å²) in [4.78, 5) is 38.3. The smallest absolute Gasteiger partial charge is 0.307 e. The number of hydrogen-bond donors (Lipinski definition) is 2. The monoisotopic (exact) mass is 646 g/mol. The summed E-state index contributed by atoms with van der Waals surface area (Å²) >= 11 is 0. The molecule has 47 heavy (non-hydrogen) atoms. The van der Waals surface area contributed by atoms with Crippen LogP contribution >= 0.6 is 0 Å². The molecule has 0 aliphatic heterocycles. The number of carbonyl (C=O) groups excluding carboxylic acids is 3. The van der Waals surface area contributed by atoms with E-state index < -0.39 is 6.04 Å². The van der Waals surface area contributed by atoms with Crippen LogP contribution in [0.3, 0.4) is 0 Å². The van der Waals surface area contributed by atoms with E-state index in [1.54, 1.807) is 14.0 Å². The van der Waals surface area contributed by atoms with E-state index in [1.807, 2.05) is 59.3 Å². The topological polar surface area (TPSA) is 121 Å². The molecule has 0 radical (unpaired) electrons. The van der Waals surface area contributed by atoms with E-state index in [-0.39, 0.29) is 48.9 Å². The maximum atomic E-state index is 13.8. The molecule has 254 valence electrons. The fraction of sp³-hybridized carbons (Fsp3) is 0.514. The lowest BCUT2D eigenvalue weighted by atomic mass is 9.95. The first-order valence-electron chi connectivity index (χ1n) is 17.0. The van der Waals surface area contributed by atoms with Gasteiger partial charge in [-0.05, 0) is 62.3 Å². The highest BCUT2D eigenvalue weighted by Gasteiger charge is 2.28. The van der Waals surface area contributed by atoms with Crippen LogP contribution in [0.15, 0.2) is 54.6 Å². The molecule has 3 aromatic rings. The minimum absolute atomic E-state index is 0.0987. The third kappa shape index (κ3) is 10.6. The van der Waals surface area contributed by atoms with E-state index in [4.69, 9.17) is 19.3 Å². The second-order valence-corrected chi connectivity index (χ2v) is 12.5. The van der Waals surface area contributed by atoms with Gasteiger partial charge in [-0.15, -0.1) is 0 Å². The van der Waals surface area contributed by atoms with Crippen LogP contribution in [0, 0.1) is 5.92 Å². The second-order valence-electron chi connectivity index (χ2n) is 12.5. The molecule has 1 aliphatic carbocycles. The standard InChI is InChI=1S/C37H50N4O6/c1-5-46-35(43)21-22-38-34(42)23-28(20-19-26(2)3)39-37(44)30-24-31(41(40-30)29-15-10-7-11-16-29)36-32(45-4)17-12-18-33(36)47-25-27-13-8-6-9-14-27/h6,8-9,12-14,17-18,24,26,28-29H,5,7,10-11,15-16,19-23,25H2,1-4H3,(H,38,42)(H,39,44)/t28-/m0/s1. The third-order valence-electron chi connectivity index (χ3n) is 8.41. The van der Waals surface area contributed by atoms with Gasteiger partial charge in [-0.3, -0.25) is 19.1 Å². The third-order valence-corrected chi connectivity index (χ3v) is 8.41. The molecule has 0 bridgehead atoms. The van der Waals surface area contributed by atoms with Crippen molar-refractivity contribution < 1.29 is 28.6 Å². The zero-order valence-electron chi connectivity index (χ0n) is 28.3. The van der Waals surface area contributed by atoms with E-state index in [0.29, 0.717) is 37.1 Å². The van der Waals surface area contributed by atoms with E-state index in [1.165, 1.54) is 6.42 Å². The zero-order valence-corrected chi connectivity index (χ0v) is 28.3. The number of nitrogens with zero attached hydrogens (tertiary/aromatic N) is 2. The van der Waals surface area contributed by atoms with Gasteiger partial charge in [0.25, 0.3) is 5.91 Å². The Balaban J connectivity index is 1.60. The van der Waals surface area contributed by atoms with Gasteiger partial charge in [0.15, 0.2) is 5.69 Å². The fourth-order valence-corrected chi connectivity index (χ4v) is 5.94. The van der Waals surface area contributed by atoms with Crippen molar-refractivity contribution >= 4 is 17.8 Å². The van der Waals surface area contributed by atoms with Gasteiger partial charge in [0.05, 0.1) is 37.4 Å². The van der Waals surface area contributed by atoms with Gasteiger partial charge in [-0.2, -0.15) is 5.10 Å². The van der Waals surface area contributed by atoms with Gasteiger partial charge in [-0.1, -0.05) is 69.5 Å². The molecule has 10 heteroatoms. The predicted molar refractivity (Wildman–Crippen MR) is 181 cm³/mol. The van der Waals surface area contributed by atoms with Crippen LogP contribution in [0.5, 0.6) is 11.5 Å². The summed E-state index contributed by atoms with van der Waals surface area (Å²) in [6.45, 7) is 6.83. The van der Waals surface area contributed by atoms with Crippen molar-refractivity contribution in [2.45, 2.75) is 97.2 Å². The Kier molecular flexibility index (Phi) is 13.7. The number of benzene rings is 2. The SMILES string of the molecule is CCOC(=O)CCNC(=O)C[C@H](CCC(C)C)NC(=O)c1cc(-c2c(OC)cccc2OCc2ccccc2)n(C2CCCCC2)n1. The average Bonchev–Trinajstić information content (AvgIpc) is 3.52. The lowest BCUT2D eigenvalue weighted by Gasteiger charge is -2.25. The van der Waals surface area contributed by atoms with Crippen molar-refractivity contribution in [1.29, 1.82) is 0 Å². The molecule has 10 nitrogen and oxygen atoms in total. The predicted octanol–water partition coefficient (Wildman–Crippen LogP) is 6.64. The van der Waals surface area contributed by atoms with Crippen LogP contribution in [0.4, 0.5) is 0 Å². The highest BCUT2D eigenvalue weighted by molar-refractivity contribution is 5.94. The van der Waals surface area contributed by atoms with Gasteiger partial charge in [0.2, 0.25) is 5.91 Å². The summed E-state index contributed by atoms with van der Waals surface area (Å²) in [5.74, 6) is 0.755. The quantitative estimate of drug-likeness (QED) is 0.158. The van der Waals surface area contributed by atoms with Crippen LogP contribution in [0.2, 0.25) is 0 Å². The maximum absolute atomic E-state index is 13.8. The van der Waals surface area contributed by atoms with Gasteiger partial charge in [-0.25, -0.2) is 0 Å². The number of aromatic nitrogens is 2. The summed E-state index contributed by atoms with van der Waals surface area (Å²) in [6.07, 6.45) is 6.98. The second kappa shape index (κ2) is 18.1. The first-order chi connectivity index (χ1) is 22.8. The molecule has 1 saturated carbocycles. The first-order valence-corrected chi connectivity index (χ1v) is 17.0. The molecule has 1 aliphatic rings. The summed E-state index contributed by atoms with van der Waals surface area (Å²) in [7, 11) is 1.63. The number of nitrogens with one attached hydrogen (secondary N) is 2. The summed E-state index contributed by atoms with van der Waals surface area (Å²) in [6, 6.07) is 17.2. The number of rotatable bonds is 17. The average molecular weight is 647 g/mol. The molecule has 2 N–H and O–H groups in total. The largest absolute Gasteiger partial charge is 0.496 e. The van der Waals surface area contributed by atoms with E-state index >= 15 is 0 Å². The normalized spacial score (nSPS) is 14.0. The highest BCUT2D eigenvalue weighted by atomic mass is 16.5. The molecule has 2 aromatic carbocycles. The summed E-state index contributed by atoms with van der Waals surface area (Å²) in [5, 5.41) is 10.8. The Morgan fingerprint density at radius 2 is 1.72 bits per heavy atom. The van der Waals surface area contributed by atoms with Crippen molar-refractivity contribution in [3.8, 4) is 22.8 Å². The summed E-state index contributed by atoms with van der Waals surface area (Å²) < 4.78 is 19.1. The highest BCUT2D eigenvalue weighted by Crippen LogP contribution is 2.42. The Hall–Kier alpha value is -4.34. The molecule has 1 fully saturated rings. The minimum Gasteiger partial charge on any atom is -0.496 e. The van der Waals surface area contributed by atoms with Crippen LogP contribution in [0.25, 0.3) is 11.3 Å². The molecule has 0 unspecified atom stereocenters. The molecular weight excluding hydrogens is 596 g/mol. The number of ether oxygens (including phenoxy) is 3. The van der Waals surface area contributed by atoms with E-state index in [0.717, 1.165) is 48.9 Å². The van der Waals surface area contributed by atoms with Crippen molar-refractivity contribution in [1.82, 2.24) is 20.4 Å². The lowest BCUT2D eigenvalue weighted by molar-refractivity contribution is -0.143. The van der Waals surface area contributed by atoms with Crippen LogP contribution < -0.4 is 20.1 Å². The van der Waals surface area contributed by atoms with Gasteiger partial charge < -0.3 is 24.8 Å². The molecule has 1 aromatic heterocycles. The minimum atomic E-state index is -0.396. The fourth-order valence-electron chi connectivity index (χ4n) is 5.94. The Morgan fingerprint density at radius 3 is 2.43 bits per heavy atom. The van der Waals surface area contributed by atoms with Crippen LogP contribution in [-0.4, -0.2) is 53.9 Å². The number of esters is 1. The lowest BCUT2D eigenvalue weighted by Crippen LogP contribution is -2.40. The van der Waals surface area contributed by atoms with Crippen molar-refractivity contribution in [3.63, 3.8) is 0 Å². The Bertz CT molecular complexity index is 1450. The van der Waals surface area contributed by atoms with E-state index in [2.05, 4.69) is 24.5 Å². The molecule has 2 amide bonds. The van der Waals surface area contributed by atoms with Crippen LogP contribution in [-0.2, 0) is 20.9 Å². The Morgan fingerprint density at radius 1 is 0.979 bits per heavy atom. The number of hydrogen-bond acceptors (Lipinski definition) is 7. The number of carbonyl (C=O) groups is 3. The van der Waals surface area contributed by atoms with Gasteiger partial charge in [0, 0.05) is 19.0 Å². The van der Waals surface area contributed by atoms with Gasteiger partial charge in [0.1, 0.15) is 18.1 Å². The van der Waals surface area contributed by atoms with Crippen molar-refractivity contribution in [2.75, 3.05) is 20.3 Å². The molecule has 4 rings (SSSR count). The first kappa shape index (κ1) is 35.5. The number of amides is 2. The molecule has 0 spiro atoms. The van der Waals surface area contributed by atoms with Crippen LogP contribution in [0.1, 0.15) is 101 Å². The van der Waals surface area contributed by atoms with Gasteiger partial charge >= 0.3 is 5.97 Å². The molecule has 1 heterocycles. The molecule has 0 saturated heterocycles. The molecule has 1 atom stereocenters. The van der Waals surface area contributed by atoms with Crippen molar-refractivity contribution in [2.24, 2.45) is 5.92 Å². The van der Waals surface area contributed by atoms with Crippen molar-refractivity contribution in [3.05, 3.63) is 65.9 Å². The Labute approximate surface area is 278 Å². The molecular formula is C37H50N4O6. The van der Waals surface area contributed by atoms with E-state index in [9.17, 15) is 14.4 Å². The zero-order chi connectivity index (χ0) is 33.6.